The van der Waals surface area contributed by atoms with Gasteiger partial charge in [-0.25, -0.2) is 8.42 Å². The Hall–Kier alpha value is -1.44. The standard InChI is InChI=1S/C19H29N3O3S/c1-3-12-22(17-8-10-20-11-9-17)26(24,25)18-7-6-16-5-4-13-21(15(2)23)19(16)14-18/h6-7,14,17,20H,3-5,8-13H2,1-2H3. The van der Waals surface area contributed by atoms with Gasteiger partial charge < -0.3 is 10.2 Å². The molecule has 0 bridgehead atoms. The van der Waals surface area contributed by atoms with Crippen molar-refractivity contribution in [1.82, 2.24) is 9.62 Å². The van der Waals surface area contributed by atoms with Crippen LogP contribution in [0.1, 0.15) is 45.1 Å². The van der Waals surface area contributed by atoms with E-state index in [1.54, 1.807) is 21.3 Å². The molecule has 0 atom stereocenters. The molecule has 2 heterocycles. The van der Waals surface area contributed by atoms with Gasteiger partial charge in [0.1, 0.15) is 0 Å². The van der Waals surface area contributed by atoms with Gasteiger partial charge in [-0.3, -0.25) is 4.79 Å². The van der Waals surface area contributed by atoms with E-state index in [0.29, 0.717) is 18.0 Å². The van der Waals surface area contributed by atoms with Crippen LogP contribution in [0.25, 0.3) is 0 Å². The molecule has 2 aliphatic heterocycles. The minimum absolute atomic E-state index is 0.0377. The Morgan fingerprint density at radius 3 is 2.69 bits per heavy atom. The molecule has 0 aromatic heterocycles. The number of carbonyl (C=O) groups excluding carboxylic acids is 1. The lowest BCUT2D eigenvalue weighted by Crippen LogP contribution is -2.46. The van der Waals surface area contributed by atoms with Gasteiger partial charge in [0.05, 0.1) is 4.90 Å². The van der Waals surface area contributed by atoms with Crippen LogP contribution < -0.4 is 10.2 Å². The number of hydrogen-bond donors (Lipinski definition) is 1. The van der Waals surface area contributed by atoms with Crippen molar-refractivity contribution in [3.05, 3.63) is 23.8 Å². The van der Waals surface area contributed by atoms with Gasteiger partial charge in [-0.15, -0.1) is 0 Å². The van der Waals surface area contributed by atoms with Crippen LogP contribution in [0.5, 0.6) is 0 Å². The van der Waals surface area contributed by atoms with Crippen LogP contribution in [0, 0.1) is 0 Å². The summed E-state index contributed by atoms with van der Waals surface area (Å²) in [4.78, 5) is 14.0. The third kappa shape index (κ3) is 3.80. The second-order valence-corrected chi connectivity index (χ2v) is 9.05. The summed E-state index contributed by atoms with van der Waals surface area (Å²) >= 11 is 0. The van der Waals surface area contributed by atoms with E-state index in [4.69, 9.17) is 0 Å². The molecule has 6 nitrogen and oxygen atoms in total. The summed E-state index contributed by atoms with van der Waals surface area (Å²) in [5, 5.41) is 3.30. The number of hydrogen-bond acceptors (Lipinski definition) is 4. The lowest BCUT2D eigenvalue weighted by atomic mass is 10.0. The van der Waals surface area contributed by atoms with E-state index in [0.717, 1.165) is 56.4 Å². The second-order valence-electron chi connectivity index (χ2n) is 7.16. The zero-order chi connectivity index (χ0) is 18.7. The SMILES string of the molecule is CCCN(C1CCNCC1)S(=O)(=O)c1ccc2c(c1)N(C(C)=O)CCC2. The Balaban J connectivity index is 1.97. The molecule has 3 rings (SSSR count). The van der Waals surface area contributed by atoms with E-state index >= 15 is 0 Å². The maximum atomic E-state index is 13.4. The number of amides is 1. The number of fused-ring (bicyclic) bond motifs is 1. The predicted octanol–water partition coefficient (Wildman–Crippen LogP) is 2.14. The quantitative estimate of drug-likeness (QED) is 0.851. The molecule has 0 saturated carbocycles. The molecule has 0 radical (unpaired) electrons. The summed E-state index contributed by atoms with van der Waals surface area (Å²) in [6, 6.07) is 5.33. The third-order valence-corrected chi connectivity index (χ3v) is 7.27. The van der Waals surface area contributed by atoms with Gasteiger partial charge in [-0.05, 0) is 62.9 Å². The highest BCUT2D eigenvalue weighted by Crippen LogP contribution is 2.32. The number of benzene rings is 1. The summed E-state index contributed by atoms with van der Waals surface area (Å²) in [6.07, 6.45) is 4.25. The normalized spacial score (nSPS) is 18.8. The van der Waals surface area contributed by atoms with Crippen LogP contribution in [-0.2, 0) is 21.2 Å². The van der Waals surface area contributed by atoms with Gasteiger partial charge in [-0.1, -0.05) is 13.0 Å². The van der Waals surface area contributed by atoms with Crippen molar-refractivity contribution in [1.29, 1.82) is 0 Å². The molecule has 0 unspecified atom stereocenters. The number of anilines is 1. The number of sulfonamides is 1. The highest BCUT2D eigenvalue weighted by Gasteiger charge is 2.33. The van der Waals surface area contributed by atoms with Crippen LogP contribution >= 0.6 is 0 Å². The number of aryl methyl sites for hydroxylation is 1. The van der Waals surface area contributed by atoms with E-state index < -0.39 is 10.0 Å². The van der Waals surface area contributed by atoms with Gasteiger partial charge in [0.25, 0.3) is 0 Å². The van der Waals surface area contributed by atoms with Crippen molar-refractivity contribution in [2.75, 3.05) is 31.1 Å². The average Bonchev–Trinajstić information content (AvgIpc) is 2.65. The highest BCUT2D eigenvalue weighted by atomic mass is 32.2. The first-order valence-corrected chi connectivity index (χ1v) is 11.0. The molecule has 1 amide bonds. The lowest BCUT2D eigenvalue weighted by Gasteiger charge is -2.34. The van der Waals surface area contributed by atoms with Gasteiger partial charge in [0.2, 0.25) is 15.9 Å². The Morgan fingerprint density at radius 1 is 1.31 bits per heavy atom. The Morgan fingerprint density at radius 2 is 2.04 bits per heavy atom. The smallest absolute Gasteiger partial charge is 0.243 e. The fraction of sp³-hybridized carbons (Fsp3) is 0.632. The molecular weight excluding hydrogens is 350 g/mol. The summed E-state index contributed by atoms with van der Waals surface area (Å²) in [5.74, 6) is -0.0377. The van der Waals surface area contributed by atoms with E-state index in [9.17, 15) is 13.2 Å². The minimum Gasteiger partial charge on any atom is -0.317 e. The van der Waals surface area contributed by atoms with E-state index in [-0.39, 0.29) is 11.9 Å². The van der Waals surface area contributed by atoms with Crippen molar-refractivity contribution in [2.45, 2.75) is 56.9 Å². The second kappa shape index (κ2) is 8.06. The Labute approximate surface area is 156 Å². The zero-order valence-electron chi connectivity index (χ0n) is 15.7. The fourth-order valence-electron chi connectivity index (χ4n) is 3.99. The average molecular weight is 380 g/mol. The molecule has 0 spiro atoms. The van der Waals surface area contributed by atoms with Crippen LogP contribution in [0.4, 0.5) is 5.69 Å². The van der Waals surface area contributed by atoms with Gasteiger partial charge in [0, 0.05) is 31.7 Å². The van der Waals surface area contributed by atoms with Gasteiger partial charge in [0.15, 0.2) is 0 Å². The van der Waals surface area contributed by atoms with Gasteiger partial charge in [-0.2, -0.15) is 4.31 Å². The molecular formula is C19H29N3O3S. The third-order valence-electron chi connectivity index (χ3n) is 5.32. The molecule has 1 aromatic rings. The maximum absolute atomic E-state index is 13.4. The summed E-state index contributed by atoms with van der Waals surface area (Å²) in [7, 11) is -3.58. The van der Waals surface area contributed by atoms with Crippen LogP contribution in [0.3, 0.4) is 0 Å². The lowest BCUT2D eigenvalue weighted by molar-refractivity contribution is -0.116. The number of carbonyl (C=O) groups is 1. The van der Waals surface area contributed by atoms with E-state index in [2.05, 4.69) is 5.32 Å². The molecule has 1 saturated heterocycles. The van der Waals surface area contributed by atoms with Crippen molar-refractivity contribution >= 4 is 21.6 Å². The van der Waals surface area contributed by atoms with Crippen LogP contribution in [0.2, 0.25) is 0 Å². The number of rotatable bonds is 5. The number of nitrogens with zero attached hydrogens (tertiary/aromatic N) is 2. The van der Waals surface area contributed by atoms with E-state index in [1.165, 1.54) is 6.92 Å². The highest BCUT2D eigenvalue weighted by molar-refractivity contribution is 7.89. The van der Waals surface area contributed by atoms with Gasteiger partial charge >= 0.3 is 0 Å². The molecule has 2 aliphatic rings. The Bertz CT molecular complexity index is 757. The molecule has 26 heavy (non-hydrogen) atoms. The molecule has 1 aromatic carbocycles. The topological polar surface area (TPSA) is 69.7 Å². The molecule has 7 heteroatoms. The number of piperidine rings is 1. The molecule has 1 fully saturated rings. The summed E-state index contributed by atoms with van der Waals surface area (Å²) in [6.45, 7) is 6.42. The van der Waals surface area contributed by atoms with Crippen molar-refractivity contribution < 1.29 is 13.2 Å². The summed E-state index contributed by atoms with van der Waals surface area (Å²) in [5.41, 5.74) is 1.81. The minimum atomic E-state index is -3.58. The van der Waals surface area contributed by atoms with E-state index in [1.807, 2.05) is 13.0 Å². The van der Waals surface area contributed by atoms with Crippen LogP contribution in [0.15, 0.2) is 23.1 Å². The first kappa shape index (κ1) is 19.3. The first-order chi connectivity index (χ1) is 12.4. The summed E-state index contributed by atoms with van der Waals surface area (Å²) < 4.78 is 28.4. The zero-order valence-corrected chi connectivity index (χ0v) is 16.5. The largest absolute Gasteiger partial charge is 0.317 e. The molecule has 0 aliphatic carbocycles. The number of nitrogens with one attached hydrogen (secondary N) is 1. The predicted molar refractivity (Wildman–Crippen MR) is 103 cm³/mol. The monoisotopic (exact) mass is 379 g/mol. The Kier molecular flexibility index (Phi) is 5.99. The molecule has 1 N–H and O–H groups in total. The van der Waals surface area contributed by atoms with Crippen molar-refractivity contribution in [3.8, 4) is 0 Å². The maximum Gasteiger partial charge on any atom is 0.243 e. The fourth-order valence-corrected chi connectivity index (χ4v) is 5.79. The van der Waals surface area contributed by atoms with Crippen molar-refractivity contribution in [2.24, 2.45) is 0 Å². The first-order valence-electron chi connectivity index (χ1n) is 9.58. The van der Waals surface area contributed by atoms with Crippen molar-refractivity contribution in [3.63, 3.8) is 0 Å². The van der Waals surface area contributed by atoms with Crippen LogP contribution in [-0.4, -0.2) is 50.9 Å². The molecule has 144 valence electrons.